The first-order valence-electron chi connectivity index (χ1n) is 8.15. The minimum Gasteiger partial charge on any atom is -0.448 e. The van der Waals surface area contributed by atoms with Gasteiger partial charge in [0.1, 0.15) is 11.5 Å². The van der Waals surface area contributed by atoms with Crippen LogP contribution in [0.15, 0.2) is 27.3 Å². The summed E-state index contributed by atoms with van der Waals surface area (Å²) in [5.41, 5.74) is 3.05. The number of hydrogen-bond acceptors (Lipinski definition) is 3. The molecule has 3 aromatic heterocycles. The zero-order valence-corrected chi connectivity index (χ0v) is 15.3. The molecule has 3 aromatic rings. The van der Waals surface area contributed by atoms with Crippen molar-refractivity contribution in [1.82, 2.24) is 14.3 Å². The second kappa shape index (κ2) is 5.81. The van der Waals surface area contributed by atoms with Crippen molar-refractivity contribution >= 4 is 38.8 Å². The van der Waals surface area contributed by atoms with Crippen molar-refractivity contribution in [1.29, 1.82) is 0 Å². The summed E-state index contributed by atoms with van der Waals surface area (Å²) in [6, 6.07) is 5.94. The van der Waals surface area contributed by atoms with Crippen molar-refractivity contribution in [3.63, 3.8) is 0 Å². The van der Waals surface area contributed by atoms with Gasteiger partial charge in [0.25, 0.3) is 5.91 Å². The lowest BCUT2D eigenvalue weighted by molar-refractivity contribution is 0.101. The summed E-state index contributed by atoms with van der Waals surface area (Å²) in [6.07, 6.45) is 4.68. The van der Waals surface area contributed by atoms with Gasteiger partial charge in [0, 0.05) is 25.2 Å². The van der Waals surface area contributed by atoms with Crippen LogP contribution in [-0.2, 0) is 7.05 Å². The Morgan fingerprint density at radius 2 is 2.08 bits per heavy atom. The average Bonchev–Trinajstić information content (AvgIpc) is 3.26. The Bertz CT molecular complexity index is 915. The van der Waals surface area contributed by atoms with Crippen LogP contribution >= 0.6 is 15.9 Å². The van der Waals surface area contributed by atoms with Gasteiger partial charge in [0.15, 0.2) is 10.3 Å². The molecule has 3 heterocycles. The molecule has 0 aliphatic heterocycles. The van der Waals surface area contributed by atoms with Gasteiger partial charge in [-0.1, -0.05) is 12.8 Å². The summed E-state index contributed by atoms with van der Waals surface area (Å²) in [4.78, 5) is 12.7. The summed E-state index contributed by atoms with van der Waals surface area (Å²) in [5, 5.41) is 7.59. The van der Waals surface area contributed by atoms with E-state index in [2.05, 4.69) is 26.3 Å². The normalized spacial score (nSPS) is 15.5. The number of carbonyl (C=O) groups excluding carboxylic acids is 1. The molecule has 1 aliphatic carbocycles. The predicted molar refractivity (Wildman–Crippen MR) is 95.3 cm³/mol. The highest BCUT2D eigenvalue weighted by Crippen LogP contribution is 2.32. The van der Waals surface area contributed by atoms with Crippen LogP contribution < -0.4 is 5.32 Å². The zero-order chi connectivity index (χ0) is 16.8. The van der Waals surface area contributed by atoms with Crippen molar-refractivity contribution in [2.24, 2.45) is 7.05 Å². The fraction of sp³-hybridized carbons (Fsp3) is 0.412. The minimum absolute atomic E-state index is 0.154. The molecule has 24 heavy (non-hydrogen) atoms. The van der Waals surface area contributed by atoms with E-state index < -0.39 is 0 Å². The van der Waals surface area contributed by atoms with Gasteiger partial charge in [-0.2, -0.15) is 5.10 Å². The minimum atomic E-state index is -0.154. The molecule has 1 fully saturated rings. The summed E-state index contributed by atoms with van der Waals surface area (Å²) >= 11 is 3.31. The number of fused-ring (bicyclic) bond motifs is 1. The van der Waals surface area contributed by atoms with E-state index in [1.165, 1.54) is 12.8 Å². The van der Waals surface area contributed by atoms with Gasteiger partial charge in [0.2, 0.25) is 0 Å². The van der Waals surface area contributed by atoms with Gasteiger partial charge in [-0.25, -0.2) is 4.68 Å². The number of anilines is 1. The van der Waals surface area contributed by atoms with E-state index in [1.54, 1.807) is 6.07 Å². The van der Waals surface area contributed by atoms with E-state index in [9.17, 15) is 4.79 Å². The number of nitrogens with zero attached hydrogens (tertiary/aromatic N) is 3. The maximum atomic E-state index is 12.7. The van der Waals surface area contributed by atoms with Crippen LogP contribution in [0, 0.1) is 6.92 Å². The molecule has 126 valence electrons. The number of furan rings is 1. The standard InChI is InChI=1S/C17H19BrN4O2/c1-10-7-16(22(20-10)11-5-3-4-6-11)19-17(23)13-8-14-12(21(13)2)9-15(18)24-14/h7-9,11H,3-6H2,1-2H3,(H,19,23). The van der Waals surface area contributed by atoms with Crippen molar-refractivity contribution in [3.05, 3.63) is 34.3 Å². The quantitative estimate of drug-likeness (QED) is 0.720. The maximum Gasteiger partial charge on any atom is 0.273 e. The Labute approximate surface area is 147 Å². The lowest BCUT2D eigenvalue weighted by Crippen LogP contribution is -2.19. The first kappa shape index (κ1) is 15.5. The summed E-state index contributed by atoms with van der Waals surface area (Å²) in [7, 11) is 1.86. The van der Waals surface area contributed by atoms with Gasteiger partial charge < -0.3 is 14.3 Å². The highest BCUT2D eigenvalue weighted by molar-refractivity contribution is 9.10. The van der Waals surface area contributed by atoms with Gasteiger partial charge >= 0.3 is 0 Å². The predicted octanol–water partition coefficient (Wildman–Crippen LogP) is 4.41. The molecule has 7 heteroatoms. The van der Waals surface area contributed by atoms with Crippen LogP contribution in [0.2, 0.25) is 0 Å². The Morgan fingerprint density at radius 3 is 2.79 bits per heavy atom. The van der Waals surface area contributed by atoms with Crippen molar-refractivity contribution in [3.8, 4) is 0 Å². The third-order valence-electron chi connectivity index (χ3n) is 4.70. The van der Waals surface area contributed by atoms with Crippen LogP contribution in [0.4, 0.5) is 5.82 Å². The van der Waals surface area contributed by atoms with Gasteiger partial charge in [0.05, 0.1) is 17.3 Å². The number of amides is 1. The van der Waals surface area contributed by atoms with E-state index >= 15 is 0 Å². The van der Waals surface area contributed by atoms with Crippen molar-refractivity contribution in [2.45, 2.75) is 38.6 Å². The molecule has 0 bridgehead atoms. The number of halogens is 1. The smallest absolute Gasteiger partial charge is 0.273 e. The molecule has 1 aliphatic rings. The largest absolute Gasteiger partial charge is 0.448 e. The molecule has 0 unspecified atom stereocenters. The maximum absolute atomic E-state index is 12.7. The molecule has 1 saturated carbocycles. The van der Waals surface area contributed by atoms with Crippen LogP contribution in [0.3, 0.4) is 0 Å². The molecular weight excluding hydrogens is 372 g/mol. The van der Waals surface area contributed by atoms with Crippen LogP contribution in [0.25, 0.3) is 11.1 Å². The van der Waals surface area contributed by atoms with E-state index in [4.69, 9.17) is 4.42 Å². The molecule has 0 spiro atoms. The van der Waals surface area contributed by atoms with Crippen LogP contribution in [0.1, 0.15) is 47.9 Å². The first-order valence-corrected chi connectivity index (χ1v) is 8.94. The number of aryl methyl sites for hydroxylation is 2. The van der Waals surface area contributed by atoms with Crippen molar-refractivity contribution in [2.75, 3.05) is 5.32 Å². The van der Waals surface area contributed by atoms with E-state index in [0.717, 1.165) is 29.9 Å². The molecular formula is C17H19BrN4O2. The molecule has 0 aromatic carbocycles. The Balaban J connectivity index is 1.63. The molecule has 6 nitrogen and oxygen atoms in total. The van der Waals surface area contributed by atoms with E-state index in [1.807, 2.05) is 35.4 Å². The van der Waals surface area contributed by atoms with Gasteiger partial charge in [-0.15, -0.1) is 0 Å². The van der Waals surface area contributed by atoms with Crippen LogP contribution in [0.5, 0.6) is 0 Å². The number of carbonyl (C=O) groups is 1. The van der Waals surface area contributed by atoms with E-state index in [0.29, 0.717) is 22.0 Å². The lowest BCUT2D eigenvalue weighted by atomic mass is 10.2. The van der Waals surface area contributed by atoms with E-state index in [-0.39, 0.29) is 5.91 Å². The number of aromatic nitrogens is 3. The second-order valence-corrected chi connectivity index (χ2v) is 7.18. The van der Waals surface area contributed by atoms with Gasteiger partial charge in [-0.05, 0) is 35.7 Å². The number of hydrogen-bond donors (Lipinski definition) is 1. The summed E-state index contributed by atoms with van der Waals surface area (Å²) in [6.45, 7) is 1.95. The SMILES string of the molecule is Cc1cc(NC(=O)c2cc3oc(Br)cc3n2C)n(C2CCCC2)n1. The van der Waals surface area contributed by atoms with Crippen LogP contribution in [-0.4, -0.2) is 20.3 Å². The van der Waals surface area contributed by atoms with Gasteiger partial charge in [-0.3, -0.25) is 4.79 Å². The zero-order valence-electron chi connectivity index (χ0n) is 13.7. The Kier molecular flexibility index (Phi) is 3.75. The Morgan fingerprint density at radius 1 is 1.33 bits per heavy atom. The van der Waals surface area contributed by atoms with Crippen molar-refractivity contribution < 1.29 is 9.21 Å². The number of rotatable bonds is 3. The average molecular weight is 391 g/mol. The molecule has 0 saturated heterocycles. The highest BCUT2D eigenvalue weighted by Gasteiger charge is 2.23. The monoisotopic (exact) mass is 390 g/mol. The highest BCUT2D eigenvalue weighted by atomic mass is 79.9. The Hall–Kier alpha value is -2.02. The summed E-state index contributed by atoms with van der Waals surface area (Å²) < 4.78 is 10.0. The molecule has 1 N–H and O–H groups in total. The third-order valence-corrected chi connectivity index (χ3v) is 5.09. The topological polar surface area (TPSA) is 65.0 Å². The lowest BCUT2D eigenvalue weighted by Gasteiger charge is -2.14. The fourth-order valence-electron chi connectivity index (χ4n) is 3.52. The molecule has 0 radical (unpaired) electrons. The fourth-order valence-corrected chi connectivity index (χ4v) is 3.91. The summed E-state index contributed by atoms with van der Waals surface area (Å²) in [5.74, 6) is 0.613. The molecule has 4 rings (SSSR count). The molecule has 0 atom stereocenters. The first-order chi connectivity index (χ1) is 11.5. The second-order valence-electron chi connectivity index (χ2n) is 6.40. The third kappa shape index (κ3) is 2.56. The molecule has 1 amide bonds. The number of nitrogens with one attached hydrogen (secondary N) is 1.